The molecule has 2 aromatic heterocycles. The lowest BCUT2D eigenvalue weighted by atomic mass is 10.4. The van der Waals surface area contributed by atoms with Crippen LogP contribution in [0, 0.1) is 18.3 Å². The number of pyridine rings is 1. The normalized spacial score (nSPS) is 11.2. The molecule has 5 nitrogen and oxygen atoms in total. The van der Waals surface area contributed by atoms with Crippen molar-refractivity contribution >= 4 is 11.6 Å². The van der Waals surface area contributed by atoms with Gasteiger partial charge in [-0.05, 0) is 25.1 Å². The number of aryl methyl sites for hydroxylation is 1. The molecule has 0 amide bonds. The summed E-state index contributed by atoms with van der Waals surface area (Å²) in [4.78, 5) is 3.77. The molecule has 0 aliphatic carbocycles. The molecule has 0 aromatic carbocycles. The molecule has 0 unspecified atom stereocenters. The van der Waals surface area contributed by atoms with E-state index in [-0.39, 0.29) is 16.7 Å². The summed E-state index contributed by atoms with van der Waals surface area (Å²) in [5.41, 5.74) is 0.463. The van der Waals surface area contributed by atoms with E-state index < -0.39 is 12.1 Å². The standard InChI is InChI=1S/C11H6ClF3N4O/c1-6-4-7(5-16)18-19(6)10-8(20-11(13,14)15)2-3-9(12)17-10/h2-4H,1H3. The first-order chi connectivity index (χ1) is 9.30. The zero-order valence-electron chi connectivity index (χ0n) is 9.94. The number of hydrogen-bond donors (Lipinski definition) is 0. The quantitative estimate of drug-likeness (QED) is 0.800. The third-order valence-electron chi connectivity index (χ3n) is 2.23. The molecule has 0 saturated carbocycles. The van der Waals surface area contributed by atoms with E-state index in [2.05, 4.69) is 14.8 Å². The van der Waals surface area contributed by atoms with Crippen LogP contribution in [0.25, 0.3) is 5.82 Å². The van der Waals surface area contributed by atoms with Gasteiger partial charge in [-0.2, -0.15) is 10.4 Å². The zero-order chi connectivity index (χ0) is 14.9. The molecule has 2 rings (SSSR count). The summed E-state index contributed by atoms with van der Waals surface area (Å²) in [6.45, 7) is 1.56. The fraction of sp³-hybridized carbons (Fsp3) is 0.182. The first kappa shape index (κ1) is 14.1. The Balaban J connectivity index is 2.57. The SMILES string of the molecule is Cc1cc(C#N)nn1-c1nc(Cl)ccc1OC(F)(F)F. The average molecular weight is 303 g/mol. The number of halogens is 4. The Hall–Kier alpha value is -2.27. The van der Waals surface area contributed by atoms with Gasteiger partial charge in [-0.25, -0.2) is 9.67 Å². The van der Waals surface area contributed by atoms with Crippen LogP contribution in [0.2, 0.25) is 5.15 Å². The second-order valence-corrected chi connectivity index (χ2v) is 4.09. The minimum Gasteiger partial charge on any atom is -0.402 e. The number of nitriles is 1. The molecule has 0 bridgehead atoms. The number of alkyl halides is 3. The van der Waals surface area contributed by atoms with Crippen molar-refractivity contribution in [2.45, 2.75) is 13.3 Å². The smallest absolute Gasteiger partial charge is 0.402 e. The number of aromatic nitrogens is 3. The highest BCUT2D eigenvalue weighted by Crippen LogP contribution is 2.29. The van der Waals surface area contributed by atoms with Gasteiger partial charge in [0.1, 0.15) is 11.2 Å². The van der Waals surface area contributed by atoms with Gasteiger partial charge in [0.05, 0.1) is 0 Å². The van der Waals surface area contributed by atoms with Gasteiger partial charge in [-0.3, -0.25) is 0 Å². The Morgan fingerprint density at radius 3 is 2.65 bits per heavy atom. The maximum atomic E-state index is 12.3. The number of rotatable bonds is 2. The summed E-state index contributed by atoms with van der Waals surface area (Å²) in [7, 11) is 0. The van der Waals surface area contributed by atoms with Gasteiger partial charge in [0, 0.05) is 5.69 Å². The molecule has 104 valence electrons. The Bertz CT molecular complexity index is 690. The second-order valence-electron chi connectivity index (χ2n) is 3.70. The van der Waals surface area contributed by atoms with Crippen LogP contribution in [0.1, 0.15) is 11.4 Å². The molecule has 0 fully saturated rings. The first-order valence-corrected chi connectivity index (χ1v) is 5.57. The van der Waals surface area contributed by atoms with Gasteiger partial charge in [0.25, 0.3) is 0 Å². The lowest BCUT2D eigenvalue weighted by molar-refractivity contribution is -0.274. The molecule has 9 heteroatoms. The first-order valence-electron chi connectivity index (χ1n) is 5.19. The van der Waals surface area contributed by atoms with Crippen LogP contribution in [0.15, 0.2) is 18.2 Å². The predicted molar refractivity (Wildman–Crippen MR) is 62.5 cm³/mol. The van der Waals surface area contributed by atoms with E-state index in [0.717, 1.165) is 16.8 Å². The minimum absolute atomic E-state index is 0.0251. The van der Waals surface area contributed by atoms with Crippen molar-refractivity contribution in [1.29, 1.82) is 5.26 Å². The minimum atomic E-state index is -4.87. The van der Waals surface area contributed by atoms with Crippen molar-refractivity contribution in [3.8, 4) is 17.6 Å². The molecular formula is C11H6ClF3N4O. The largest absolute Gasteiger partial charge is 0.573 e. The van der Waals surface area contributed by atoms with Crippen LogP contribution >= 0.6 is 11.6 Å². The fourth-order valence-corrected chi connectivity index (χ4v) is 1.66. The third kappa shape index (κ3) is 3.00. The maximum Gasteiger partial charge on any atom is 0.573 e. The van der Waals surface area contributed by atoms with E-state index in [1.807, 2.05) is 0 Å². The highest BCUT2D eigenvalue weighted by Gasteiger charge is 2.33. The molecule has 0 spiro atoms. The van der Waals surface area contributed by atoms with Gasteiger partial charge in [0.2, 0.25) is 0 Å². The molecule has 0 aliphatic rings. The van der Waals surface area contributed by atoms with Crippen LogP contribution in [0.5, 0.6) is 5.75 Å². The summed E-state index contributed by atoms with van der Waals surface area (Å²) in [5, 5.41) is 12.5. The summed E-state index contributed by atoms with van der Waals surface area (Å²) in [6, 6.07) is 5.38. The summed E-state index contributed by atoms with van der Waals surface area (Å²) in [6.07, 6.45) is -4.87. The van der Waals surface area contributed by atoms with E-state index in [9.17, 15) is 13.2 Å². The molecule has 0 N–H and O–H groups in total. The van der Waals surface area contributed by atoms with Crippen LogP contribution in [-0.2, 0) is 0 Å². The van der Waals surface area contributed by atoms with Gasteiger partial charge in [-0.1, -0.05) is 11.6 Å². The number of nitrogens with zero attached hydrogens (tertiary/aromatic N) is 4. The molecule has 0 aliphatic heterocycles. The Morgan fingerprint density at radius 1 is 1.40 bits per heavy atom. The topological polar surface area (TPSA) is 63.7 Å². The fourth-order valence-electron chi connectivity index (χ4n) is 1.51. The second kappa shape index (κ2) is 5.02. The Morgan fingerprint density at radius 2 is 2.10 bits per heavy atom. The van der Waals surface area contributed by atoms with E-state index in [1.165, 1.54) is 6.07 Å². The highest BCUT2D eigenvalue weighted by atomic mass is 35.5. The predicted octanol–water partition coefficient (Wildman–Crippen LogP) is 3.00. The van der Waals surface area contributed by atoms with Crippen molar-refractivity contribution in [2.75, 3.05) is 0 Å². The van der Waals surface area contributed by atoms with Gasteiger partial charge in [0.15, 0.2) is 17.3 Å². The van der Waals surface area contributed by atoms with Gasteiger partial charge >= 0.3 is 6.36 Å². The maximum absolute atomic E-state index is 12.3. The number of hydrogen-bond acceptors (Lipinski definition) is 4. The Labute approximate surface area is 116 Å². The van der Waals surface area contributed by atoms with Crippen LogP contribution < -0.4 is 4.74 Å². The zero-order valence-corrected chi connectivity index (χ0v) is 10.7. The van der Waals surface area contributed by atoms with Gasteiger partial charge in [-0.15, -0.1) is 13.2 Å². The van der Waals surface area contributed by atoms with Crippen molar-refractivity contribution in [2.24, 2.45) is 0 Å². The monoisotopic (exact) mass is 302 g/mol. The average Bonchev–Trinajstić information content (AvgIpc) is 2.71. The number of ether oxygens (including phenoxy) is 1. The highest BCUT2D eigenvalue weighted by molar-refractivity contribution is 6.29. The molecule has 20 heavy (non-hydrogen) atoms. The van der Waals surface area contributed by atoms with Gasteiger partial charge < -0.3 is 4.74 Å². The molecule has 0 saturated heterocycles. The lowest BCUT2D eigenvalue weighted by Gasteiger charge is -2.13. The van der Waals surface area contributed by atoms with Crippen molar-refractivity contribution in [1.82, 2.24) is 14.8 Å². The van der Waals surface area contributed by atoms with E-state index in [1.54, 1.807) is 13.0 Å². The van der Waals surface area contributed by atoms with Crippen LogP contribution in [0.4, 0.5) is 13.2 Å². The van der Waals surface area contributed by atoms with Crippen molar-refractivity contribution in [3.63, 3.8) is 0 Å². The molecular weight excluding hydrogens is 297 g/mol. The summed E-state index contributed by atoms with van der Waals surface area (Å²) >= 11 is 5.68. The summed E-state index contributed by atoms with van der Waals surface area (Å²) in [5.74, 6) is -0.800. The van der Waals surface area contributed by atoms with Crippen LogP contribution in [0.3, 0.4) is 0 Å². The molecule has 0 atom stereocenters. The molecule has 2 aromatic rings. The third-order valence-corrected chi connectivity index (χ3v) is 2.44. The molecule has 2 heterocycles. The molecule has 0 radical (unpaired) electrons. The van der Waals surface area contributed by atoms with Crippen LogP contribution in [-0.4, -0.2) is 21.1 Å². The van der Waals surface area contributed by atoms with E-state index in [0.29, 0.717) is 5.69 Å². The van der Waals surface area contributed by atoms with Crippen molar-refractivity contribution in [3.05, 3.63) is 34.7 Å². The summed E-state index contributed by atoms with van der Waals surface area (Å²) < 4.78 is 42.0. The van der Waals surface area contributed by atoms with Crippen molar-refractivity contribution < 1.29 is 17.9 Å². The Kier molecular flexibility index (Phi) is 3.55. The van der Waals surface area contributed by atoms with E-state index in [4.69, 9.17) is 16.9 Å². The van der Waals surface area contributed by atoms with E-state index >= 15 is 0 Å². The lowest BCUT2D eigenvalue weighted by Crippen LogP contribution is -2.19.